The monoisotopic (exact) mass is 395 g/mol. The Bertz CT molecular complexity index is 1010. The maximum absolute atomic E-state index is 11.6. The zero-order chi connectivity index (χ0) is 19.5. The average molecular weight is 396 g/mol. The second-order valence-electron chi connectivity index (χ2n) is 7.06. The Morgan fingerprint density at radius 3 is 2.96 bits per heavy atom. The van der Waals surface area contributed by atoms with Crippen LogP contribution in [0.15, 0.2) is 49.3 Å². The van der Waals surface area contributed by atoms with Crippen molar-refractivity contribution in [3.05, 3.63) is 54.3 Å². The predicted octanol–water partition coefficient (Wildman–Crippen LogP) is 4.30. The van der Waals surface area contributed by atoms with Crippen LogP contribution in [-0.2, 0) is 4.79 Å². The molecule has 2 heterocycles. The van der Waals surface area contributed by atoms with Crippen LogP contribution < -0.4 is 10.6 Å². The molecule has 28 heavy (non-hydrogen) atoms. The van der Waals surface area contributed by atoms with Gasteiger partial charge in [-0.2, -0.15) is 0 Å². The van der Waals surface area contributed by atoms with Crippen molar-refractivity contribution in [3.8, 4) is 11.3 Å². The summed E-state index contributed by atoms with van der Waals surface area (Å²) in [5.41, 5.74) is 2.68. The maximum Gasteiger partial charge on any atom is 0.243 e. The number of carbonyl (C=O) groups excluding carboxylic acids is 1. The van der Waals surface area contributed by atoms with Gasteiger partial charge in [-0.1, -0.05) is 36.4 Å². The number of amides is 1. The minimum atomic E-state index is -0.130. The quantitative estimate of drug-likeness (QED) is 0.562. The van der Waals surface area contributed by atoms with Crippen LogP contribution in [0.3, 0.4) is 0 Å². The molecule has 1 aromatic carbocycles. The largest absolute Gasteiger partial charge is 0.360 e. The number of hydrogen-bond acceptors (Lipinski definition) is 4. The van der Waals surface area contributed by atoms with E-state index in [4.69, 9.17) is 11.6 Å². The molecule has 0 unspecified atom stereocenters. The highest BCUT2D eigenvalue weighted by Gasteiger charge is 2.23. The van der Waals surface area contributed by atoms with Gasteiger partial charge in [-0.3, -0.25) is 4.79 Å². The topological polar surface area (TPSA) is 82.7 Å². The van der Waals surface area contributed by atoms with Gasteiger partial charge in [0.15, 0.2) is 0 Å². The summed E-state index contributed by atoms with van der Waals surface area (Å²) >= 11 is 6.40. The smallest absolute Gasteiger partial charge is 0.243 e. The summed E-state index contributed by atoms with van der Waals surface area (Å²) < 4.78 is 0. The molecule has 0 saturated heterocycles. The number of aromatic amines is 1. The molecule has 4 rings (SSSR count). The van der Waals surface area contributed by atoms with Gasteiger partial charge >= 0.3 is 0 Å². The van der Waals surface area contributed by atoms with Gasteiger partial charge in [-0.05, 0) is 37.8 Å². The number of rotatable bonds is 5. The normalized spacial score (nSPS) is 19.3. The lowest BCUT2D eigenvalue weighted by Crippen LogP contribution is -2.41. The van der Waals surface area contributed by atoms with Crippen molar-refractivity contribution in [1.29, 1.82) is 0 Å². The molecule has 2 aromatic heterocycles. The summed E-state index contributed by atoms with van der Waals surface area (Å²) in [7, 11) is 0. The summed E-state index contributed by atoms with van der Waals surface area (Å²) in [6.07, 6.45) is 8.70. The Morgan fingerprint density at radius 2 is 2.11 bits per heavy atom. The van der Waals surface area contributed by atoms with Crippen molar-refractivity contribution in [3.63, 3.8) is 0 Å². The molecule has 1 saturated carbocycles. The number of aromatic nitrogens is 3. The van der Waals surface area contributed by atoms with E-state index in [1.165, 1.54) is 6.08 Å². The lowest BCUT2D eigenvalue weighted by molar-refractivity contribution is -0.117. The zero-order valence-electron chi connectivity index (χ0n) is 15.4. The fourth-order valence-electron chi connectivity index (χ4n) is 3.79. The molecular weight excluding hydrogens is 374 g/mol. The van der Waals surface area contributed by atoms with E-state index in [2.05, 4.69) is 32.2 Å². The zero-order valence-corrected chi connectivity index (χ0v) is 16.2. The number of benzene rings is 1. The average Bonchev–Trinajstić information content (AvgIpc) is 3.13. The molecule has 0 bridgehead atoms. The Balaban J connectivity index is 1.54. The van der Waals surface area contributed by atoms with Crippen LogP contribution in [0.2, 0.25) is 5.02 Å². The summed E-state index contributed by atoms with van der Waals surface area (Å²) in [6, 6.07) is 8.38. The summed E-state index contributed by atoms with van der Waals surface area (Å²) in [6.45, 7) is 3.51. The highest BCUT2D eigenvalue weighted by Crippen LogP contribution is 2.32. The molecule has 7 heteroatoms. The van der Waals surface area contributed by atoms with Crippen molar-refractivity contribution >= 4 is 34.4 Å². The van der Waals surface area contributed by atoms with Crippen LogP contribution in [-0.4, -0.2) is 32.9 Å². The molecule has 1 aliphatic rings. The number of para-hydroxylation sites is 1. The van der Waals surface area contributed by atoms with E-state index >= 15 is 0 Å². The predicted molar refractivity (Wildman–Crippen MR) is 112 cm³/mol. The fourth-order valence-corrected chi connectivity index (χ4v) is 3.98. The molecule has 3 aromatic rings. The number of halogens is 1. The number of nitrogens with one attached hydrogen (secondary N) is 3. The van der Waals surface area contributed by atoms with E-state index in [9.17, 15) is 4.79 Å². The SMILES string of the molecule is C=CC(=O)N[C@H]1CCC[C@@H](Nc2ncc(Cl)c(-c3c[nH]c4ccccc34)n2)C1. The van der Waals surface area contributed by atoms with Crippen molar-refractivity contribution < 1.29 is 4.79 Å². The summed E-state index contributed by atoms with van der Waals surface area (Å²) in [4.78, 5) is 23.9. The second-order valence-corrected chi connectivity index (χ2v) is 7.46. The number of carbonyl (C=O) groups is 1. The standard InChI is InChI=1S/C21H22ClN5O/c1-2-19(28)25-13-6-5-7-14(10-13)26-21-24-12-17(22)20(27-21)16-11-23-18-9-4-3-8-15(16)18/h2-4,8-9,11-14,23H,1,5-7,10H2,(H,25,28)(H,24,26,27)/t13-,14+/m0/s1. The van der Waals surface area contributed by atoms with Gasteiger partial charge < -0.3 is 15.6 Å². The lowest BCUT2D eigenvalue weighted by Gasteiger charge is -2.30. The van der Waals surface area contributed by atoms with Gasteiger partial charge in [0.05, 0.1) is 16.9 Å². The summed E-state index contributed by atoms with van der Waals surface area (Å²) in [5, 5.41) is 7.97. The Labute approximate surface area is 168 Å². The third-order valence-corrected chi connectivity index (χ3v) is 5.40. The molecule has 1 fully saturated rings. The molecule has 3 N–H and O–H groups in total. The molecular formula is C21H22ClN5O. The van der Waals surface area contributed by atoms with Crippen LogP contribution in [0.5, 0.6) is 0 Å². The first-order valence-electron chi connectivity index (χ1n) is 9.42. The maximum atomic E-state index is 11.6. The second kappa shape index (κ2) is 8.02. The van der Waals surface area contributed by atoms with Gasteiger partial charge in [0, 0.05) is 34.7 Å². The number of anilines is 1. The van der Waals surface area contributed by atoms with Crippen LogP contribution in [0.1, 0.15) is 25.7 Å². The fraction of sp³-hybridized carbons (Fsp3) is 0.286. The minimum absolute atomic E-state index is 0.130. The highest BCUT2D eigenvalue weighted by molar-refractivity contribution is 6.33. The van der Waals surface area contributed by atoms with Crippen LogP contribution >= 0.6 is 11.6 Å². The van der Waals surface area contributed by atoms with Gasteiger partial charge in [-0.15, -0.1) is 0 Å². The molecule has 2 atom stereocenters. The van der Waals surface area contributed by atoms with E-state index < -0.39 is 0 Å². The third-order valence-electron chi connectivity index (χ3n) is 5.13. The molecule has 1 amide bonds. The van der Waals surface area contributed by atoms with E-state index in [0.29, 0.717) is 16.7 Å². The van der Waals surface area contributed by atoms with Crippen molar-refractivity contribution in [2.24, 2.45) is 0 Å². The Hall–Kier alpha value is -2.86. The van der Waals surface area contributed by atoms with E-state index in [0.717, 1.165) is 42.1 Å². The number of fused-ring (bicyclic) bond motifs is 1. The van der Waals surface area contributed by atoms with E-state index in [1.807, 2.05) is 30.5 Å². The van der Waals surface area contributed by atoms with E-state index in [1.54, 1.807) is 6.20 Å². The first-order valence-corrected chi connectivity index (χ1v) is 9.80. The number of H-pyrrole nitrogens is 1. The van der Waals surface area contributed by atoms with E-state index in [-0.39, 0.29) is 18.0 Å². The molecule has 0 radical (unpaired) electrons. The van der Waals surface area contributed by atoms with Crippen molar-refractivity contribution in [2.45, 2.75) is 37.8 Å². The molecule has 1 aliphatic carbocycles. The number of nitrogens with zero attached hydrogens (tertiary/aromatic N) is 2. The van der Waals surface area contributed by atoms with Gasteiger partial charge in [0.2, 0.25) is 11.9 Å². The highest BCUT2D eigenvalue weighted by atomic mass is 35.5. The van der Waals surface area contributed by atoms with Crippen LogP contribution in [0.25, 0.3) is 22.2 Å². The van der Waals surface area contributed by atoms with Gasteiger partial charge in [0.1, 0.15) is 0 Å². The van der Waals surface area contributed by atoms with Crippen LogP contribution in [0, 0.1) is 0 Å². The Kier molecular flexibility index (Phi) is 5.30. The lowest BCUT2D eigenvalue weighted by atomic mass is 9.91. The number of hydrogen-bond donors (Lipinski definition) is 3. The Morgan fingerprint density at radius 1 is 1.29 bits per heavy atom. The van der Waals surface area contributed by atoms with Gasteiger partial charge in [-0.25, -0.2) is 9.97 Å². The molecule has 144 valence electrons. The molecule has 6 nitrogen and oxygen atoms in total. The molecule has 0 spiro atoms. The first kappa shape index (κ1) is 18.5. The van der Waals surface area contributed by atoms with Gasteiger partial charge in [0.25, 0.3) is 0 Å². The third kappa shape index (κ3) is 3.87. The van der Waals surface area contributed by atoms with Crippen LogP contribution in [0.4, 0.5) is 5.95 Å². The summed E-state index contributed by atoms with van der Waals surface area (Å²) in [5.74, 6) is 0.417. The van der Waals surface area contributed by atoms with Crippen molar-refractivity contribution in [1.82, 2.24) is 20.3 Å². The first-order chi connectivity index (χ1) is 13.6. The minimum Gasteiger partial charge on any atom is -0.360 e. The molecule has 0 aliphatic heterocycles. The van der Waals surface area contributed by atoms with Crippen molar-refractivity contribution in [2.75, 3.05) is 5.32 Å².